The minimum atomic E-state index is -0.263. The third kappa shape index (κ3) is 3.06. The number of ether oxygens (including phenoxy) is 1. The summed E-state index contributed by atoms with van der Waals surface area (Å²) in [4.78, 5) is 13.0. The Hall–Kier alpha value is -1.55. The van der Waals surface area contributed by atoms with Crippen molar-refractivity contribution in [1.29, 1.82) is 0 Å². The van der Waals surface area contributed by atoms with Gasteiger partial charge in [0.15, 0.2) is 0 Å². The number of aromatic hydroxyl groups is 1. The molecular formula is C23H32O4. The van der Waals surface area contributed by atoms with Crippen LogP contribution >= 0.6 is 0 Å². The molecule has 2 fully saturated rings. The van der Waals surface area contributed by atoms with Crippen molar-refractivity contribution in [1.82, 2.24) is 0 Å². The maximum absolute atomic E-state index is 13.0. The van der Waals surface area contributed by atoms with Gasteiger partial charge in [0.25, 0.3) is 0 Å². The molecule has 0 amide bonds. The molecule has 0 aliphatic heterocycles. The normalized spacial score (nSPS) is 37.2. The van der Waals surface area contributed by atoms with Gasteiger partial charge < -0.3 is 14.9 Å². The fraction of sp³-hybridized carbons (Fsp3) is 0.696. The highest BCUT2D eigenvalue weighted by Gasteiger charge is 2.58. The molecule has 0 bridgehead atoms. The van der Waals surface area contributed by atoms with Crippen molar-refractivity contribution in [2.24, 2.45) is 23.2 Å². The Balaban J connectivity index is 1.70. The molecule has 3 aliphatic carbocycles. The maximum atomic E-state index is 13.0. The molecule has 148 valence electrons. The van der Waals surface area contributed by atoms with E-state index < -0.39 is 0 Å². The molecule has 0 saturated heterocycles. The first kappa shape index (κ1) is 18.8. The average molecular weight is 373 g/mol. The monoisotopic (exact) mass is 372 g/mol. The van der Waals surface area contributed by atoms with Gasteiger partial charge in [0.2, 0.25) is 0 Å². The summed E-state index contributed by atoms with van der Waals surface area (Å²) in [6, 6.07) is 5.65. The molecule has 27 heavy (non-hydrogen) atoms. The second kappa shape index (κ2) is 7.12. The van der Waals surface area contributed by atoms with Gasteiger partial charge in [-0.15, -0.1) is 0 Å². The first-order valence-corrected chi connectivity index (χ1v) is 10.6. The molecule has 0 radical (unpaired) electrons. The molecule has 4 nitrogen and oxygen atoms in total. The smallest absolute Gasteiger partial charge is 0.309 e. The van der Waals surface area contributed by atoms with Crippen molar-refractivity contribution >= 4 is 5.97 Å². The minimum Gasteiger partial charge on any atom is -0.508 e. The van der Waals surface area contributed by atoms with Gasteiger partial charge in [-0.05, 0) is 85.0 Å². The number of benzene rings is 1. The third-order valence-electron chi connectivity index (χ3n) is 7.76. The molecule has 0 aromatic heterocycles. The van der Waals surface area contributed by atoms with Crippen LogP contribution in [0.5, 0.6) is 5.75 Å². The van der Waals surface area contributed by atoms with E-state index in [9.17, 15) is 15.0 Å². The van der Waals surface area contributed by atoms with E-state index in [1.165, 1.54) is 5.56 Å². The lowest BCUT2D eigenvalue weighted by atomic mass is 9.52. The molecule has 6 atom stereocenters. The predicted octanol–water partition coefficient (Wildman–Crippen LogP) is 4.18. The summed E-state index contributed by atoms with van der Waals surface area (Å²) >= 11 is 0. The van der Waals surface area contributed by atoms with Gasteiger partial charge >= 0.3 is 5.97 Å². The molecule has 1 aromatic rings. The number of unbranched alkanes of at least 4 members (excludes halogenated alkanes) is 1. The van der Waals surface area contributed by atoms with Crippen LogP contribution in [0.15, 0.2) is 18.2 Å². The van der Waals surface area contributed by atoms with Gasteiger partial charge in [0, 0.05) is 0 Å². The van der Waals surface area contributed by atoms with E-state index in [4.69, 9.17) is 4.74 Å². The summed E-state index contributed by atoms with van der Waals surface area (Å²) < 4.78 is 5.66. The largest absolute Gasteiger partial charge is 0.508 e. The maximum Gasteiger partial charge on any atom is 0.309 e. The lowest BCUT2D eigenvalue weighted by molar-refractivity contribution is -0.155. The summed E-state index contributed by atoms with van der Waals surface area (Å²) in [6.07, 6.45) is 6.09. The number of phenols is 1. The zero-order chi connectivity index (χ0) is 19.2. The molecule has 4 rings (SSSR count). The van der Waals surface area contributed by atoms with Gasteiger partial charge in [-0.1, -0.05) is 26.3 Å². The predicted molar refractivity (Wildman–Crippen MR) is 103 cm³/mol. The SMILES string of the molecule is CCCCOC(=O)[C@@H]1Cc2cc(O)ccc2[C@H]2CC[C@]3(C)[C@@H](O)CC[C@H]3[C@@H]21. The minimum absolute atomic E-state index is 0.0851. The fourth-order valence-corrected chi connectivity index (χ4v) is 6.26. The first-order valence-electron chi connectivity index (χ1n) is 10.6. The van der Waals surface area contributed by atoms with Gasteiger partial charge in [-0.3, -0.25) is 4.79 Å². The van der Waals surface area contributed by atoms with Crippen LogP contribution in [-0.2, 0) is 16.0 Å². The molecule has 3 aliphatic rings. The summed E-state index contributed by atoms with van der Waals surface area (Å²) in [5, 5.41) is 20.6. The van der Waals surface area contributed by atoms with E-state index in [0.717, 1.165) is 44.1 Å². The number of carbonyl (C=O) groups is 1. The Morgan fingerprint density at radius 2 is 2.11 bits per heavy atom. The standard InChI is InChI=1S/C23H32O4/c1-3-4-11-27-22(26)18-13-14-12-15(24)5-6-16(14)17-9-10-23(2)19(21(17)18)7-8-20(23)25/h5-6,12,17-21,24-25H,3-4,7-11,13H2,1-2H3/t17-,18-,19+,20+,21+,23+/m1/s1. The Morgan fingerprint density at radius 3 is 2.89 bits per heavy atom. The molecule has 0 spiro atoms. The van der Waals surface area contributed by atoms with Crippen LogP contribution in [-0.4, -0.2) is 28.9 Å². The van der Waals surface area contributed by atoms with Gasteiger partial charge in [0.1, 0.15) is 5.75 Å². The molecule has 1 aromatic carbocycles. The van der Waals surface area contributed by atoms with Gasteiger partial charge in [-0.25, -0.2) is 0 Å². The van der Waals surface area contributed by atoms with Crippen molar-refractivity contribution in [2.75, 3.05) is 6.61 Å². The van der Waals surface area contributed by atoms with E-state index in [2.05, 4.69) is 19.9 Å². The van der Waals surface area contributed by atoms with Crippen LogP contribution in [0.4, 0.5) is 0 Å². The molecule has 2 saturated carbocycles. The number of esters is 1. The van der Waals surface area contributed by atoms with Crippen LogP contribution in [0.2, 0.25) is 0 Å². The molecular weight excluding hydrogens is 340 g/mol. The molecule has 2 N–H and O–H groups in total. The van der Waals surface area contributed by atoms with E-state index in [1.54, 1.807) is 6.07 Å². The number of fused-ring (bicyclic) bond motifs is 5. The number of hydrogen-bond donors (Lipinski definition) is 2. The van der Waals surface area contributed by atoms with E-state index in [1.807, 2.05) is 6.07 Å². The zero-order valence-electron chi connectivity index (χ0n) is 16.5. The van der Waals surface area contributed by atoms with Crippen LogP contribution in [0, 0.1) is 23.2 Å². The highest BCUT2D eigenvalue weighted by molar-refractivity contribution is 5.74. The highest BCUT2D eigenvalue weighted by Crippen LogP contribution is 2.62. The third-order valence-corrected chi connectivity index (χ3v) is 7.76. The number of rotatable bonds is 4. The lowest BCUT2D eigenvalue weighted by Crippen LogP contribution is -2.49. The first-order chi connectivity index (χ1) is 13.0. The fourth-order valence-electron chi connectivity index (χ4n) is 6.26. The van der Waals surface area contributed by atoms with Crippen molar-refractivity contribution < 1.29 is 19.7 Å². The van der Waals surface area contributed by atoms with Gasteiger partial charge in [-0.2, -0.15) is 0 Å². The van der Waals surface area contributed by atoms with E-state index in [0.29, 0.717) is 24.9 Å². The number of phenolic OH excluding ortho intramolecular Hbond substituents is 1. The van der Waals surface area contributed by atoms with Crippen molar-refractivity contribution in [3.05, 3.63) is 29.3 Å². The van der Waals surface area contributed by atoms with Crippen LogP contribution in [0.25, 0.3) is 0 Å². The average Bonchev–Trinajstić information content (AvgIpc) is 2.95. The summed E-state index contributed by atoms with van der Waals surface area (Å²) in [5.41, 5.74) is 2.30. The summed E-state index contributed by atoms with van der Waals surface area (Å²) in [5.74, 6) is 0.918. The summed E-state index contributed by atoms with van der Waals surface area (Å²) in [6.45, 7) is 4.80. The molecule has 4 heteroatoms. The zero-order valence-corrected chi connectivity index (χ0v) is 16.5. The summed E-state index contributed by atoms with van der Waals surface area (Å²) in [7, 11) is 0. The van der Waals surface area contributed by atoms with E-state index >= 15 is 0 Å². The second-order valence-electron chi connectivity index (χ2n) is 9.14. The molecule has 0 unspecified atom stereocenters. The van der Waals surface area contributed by atoms with E-state index in [-0.39, 0.29) is 35.1 Å². The number of aliphatic hydroxyl groups excluding tert-OH is 1. The Bertz CT molecular complexity index is 714. The van der Waals surface area contributed by atoms with Gasteiger partial charge in [0.05, 0.1) is 18.6 Å². The van der Waals surface area contributed by atoms with Crippen LogP contribution in [0.1, 0.15) is 69.4 Å². The Labute approximate surface area is 161 Å². The second-order valence-corrected chi connectivity index (χ2v) is 9.14. The molecule has 0 heterocycles. The van der Waals surface area contributed by atoms with Crippen molar-refractivity contribution in [3.63, 3.8) is 0 Å². The Morgan fingerprint density at radius 1 is 1.30 bits per heavy atom. The van der Waals surface area contributed by atoms with Crippen molar-refractivity contribution in [3.8, 4) is 5.75 Å². The topological polar surface area (TPSA) is 66.8 Å². The number of carbonyl (C=O) groups excluding carboxylic acids is 1. The number of hydrogen-bond acceptors (Lipinski definition) is 4. The lowest BCUT2D eigenvalue weighted by Gasteiger charge is -2.52. The quantitative estimate of drug-likeness (QED) is 0.615. The van der Waals surface area contributed by atoms with Crippen LogP contribution < -0.4 is 0 Å². The highest BCUT2D eigenvalue weighted by atomic mass is 16.5. The van der Waals surface area contributed by atoms with Crippen molar-refractivity contribution in [2.45, 2.75) is 70.8 Å². The van der Waals surface area contributed by atoms with Crippen LogP contribution in [0.3, 0.4) is 0 Å². The number of aliphatic hydroxyl groups is 1. The Kier molecular flexibility index (Phi) is 4.96.